The fourth-order valence-corrected chi connectivity index (χ4v) is 3.23. The Labute approximate surface area is 150 Å². The Bertz CT molecular complexity index is 1170. The van der Waals surface area contributed by atoms with Crippen molar-refractivity contribution in [1.82, 2.24) is 19.6 Å². The smallest absolute Gasteiger partial charge is 0.0651 e. The first-order valence-electron chi connectivity index (χ1n) is 8.51. The zero-order chi connectivity index (χ0) is 17.3. The maximum absolute atomic E-state index is 4.32. The van der Waals surface area contributed by atoms with E-state index in [-0.39, 0.29) is 0 Å². The van der Waals surface area contributed by atoms with Crippen molar-refractivity contribution in [3.05, 3.63) is 97.6 Å². The van der Waals surface area contributed by atoms with Crippen molar-refractivity contribution in [3.8, 4) is 22.5 Å². The van der Waals surface area contributed by atoms with Crippen LogP contribution in [-0.4, -0.2) is 19.6 Å². The Morgan fingerprint density at radius 1 is 0.538 bits per heavy atom. The number of hydrogen-bond acceptors (Lipinski definition) is 2. The van der Waals surface area contributed by atoms with Crippen LogP contribution in [0, 0.1) is 0 Å². The number of hydrogen-bond donors (Lipinski definition) is 0. The molecule has 0 radical (unpaired) electrons. The third-order valence-corrected chi connectivity index (χ3v) is 4.54. The summed E-state index contributed by atoms with van der Waals surface area (Å²) in [4.78, 5) is 0. The van der Waals surface area contributed by atoms with Gasteiger partial charge in [0.1, 0.15) is 0 Å². The summed E-state index contributed by atoms with van der Waals surface area (Å²) in [5, 5.41) is 11.0. The van der Waals surface area contributed by atoms with Crippen molar-refractivity contribution in [2.45, 2.75) is 0 Å². The fraction of sp³-hybridized carbons (Fsp3) is 0. The van der Waals surface area contributed by atoms with Crippen molar-refractivity contribution in [2.24, 2.45) is 0 Å². The molecule has 5 aromatic rings. The molecule has 0 N–H and O–H groups in total. The van der Waals surface area contributed by atoms with Crippen LogP contribution < -0.4 is 0 Å². The lowest BCUT2D eigenvalue weighted by Gasteiger charge is -2.08. The van der Waals surface area contributed by atoms with Gasteiger partial charge in [0.05, 0.1) is 11.4 Å². The summed E-state index contributed by atoms with van der Waals surface area (Å²) in [5.41, 5.74) is 4.47. The average Bonchev–Trinajstić information content (AvgIpc) is 3.41. The quantitative estimate of drug-likeness (QED) is 0.471. The molecule has 26 heavy (non-hydrogen) atoms. The van der Waals surface area contributed by atoms with E-state index in [1.54, 1.807) is 12.4 Å². The van der Waals surface area contributed by atoms with Gasteiger partial charge >= 0.3 is 0 Å². The summed E-state index contributed by atoms with van der Waals surface area (Å²) < 4.78 is 3.75. The standard InChI is InChI=1S/C22H16N4/c1-4-18(15-21(5-1)25-12-2-10-23-25)19-7-6-17-8-9-22(16-20(17)14-19)26-13-3-11-24-26/h1-16H. The van der Waals surface area contributed by atoms with Gasteiger partial charge in [-0.15, -0.1) is 0 Å². The van der Waals surface area contributed by atoms with E-state index >= 15 is 0 Å². The molecule has 2 heterocycles. The van der Waals surface area contributed by atoms with Crippen molar-refractivity contribution in [2.75, 3.05) is 0 Å². The van der Waals surface area contributed by atoms with Crippen LogP contribution >= 0.6 is 0 Å². The van der Waals surface area contributed by atoms with Gasteiger partial charge in [-0.2, -0.15) is 10.2 Å². The minimum atomic E-state index is 1.05. The molecule has 0 saturated carbocycles. The first kappa shape index (κ1) is 14.7. The number of rotatable bonds is 3. The van der Waals surface area contributed by atoms with Crippen LogP contribution in [0.5, 0.6) is 0 Å². The van der Waals surface area contributed by atoms with Crippen LogP contribution in [0.1, 0.15) is 0 Å². The van der Waals surface area contributed by atoms with Crippen LogP contribution in [0.4, 0.5) is 0 Å². The van der Waals surface area contributed by atoms with E-state index in [0.717, 1.165) is 11.4 Å². The molecule has 4 heteroatoms. The van der Waals surface area contributed by atoms with Crippen LogP contribution in [0.3, 0.4) is 0 Å². The van der Waals surface area contributed by atoms with E-state index in [1.807, 2.05) is 33.9 Å². The fourth-order valence-electron chi connectivity index (χ4n) is 3.23. The largest absolute Gasteiger partial charge is 0.241 e. The van der Waals surface area contributed by atoms with Gasteiger partial charge in [-0.3, -0.25) is 0 Å². The van der Waals surface area contributed by atoms with Gasteiger partial charge in [-0.25, -0.2) is 9.36 Å². The Morgan fingerprint density at radius 3 is 1.96 bits per heavy atom. The lowest BCUT2D eigenvalue weighted by Crippen LogP contribution is -1.94. The third-order valence-electron chi connectivity index (χ3n) is 4.54. The monoisotopic (exact) mass is 336 g/mol. The molecule has 5 rings (SSSR count). The van der Waals surface area contributed by atoms with Crippen LogP contribution in [-0.2, 0) is 0 Å². The molecule has 0 spiro atoms. The SMILES string of the molecule is c1cc(-c2ccc3ccc(-n4cccn4)cc3c2)cc(-n2cccn2)c1. The highest BCUT2D eigenvalue weighted by molar-refractivity contribution is 5.89. The first-order valence-corrected chi connectivity index (χ1v) is 8.51. The predicted octanol–water partition coefficient (Wildman–Crippen LogP) is 4.88. The lowest BCUT2D eigenvalue weighted by molar-refractivity contribution is 0.881. The highest BCUT2D eigenvalue weighted by atomic mass is 15.3. The molecule has 0 aliphatic rings. The van der Waals surface area contributed by atoms with Crippen molar-refractivity contribution in [1.29, 1.82) is 0 Å². The summed E-state index contributed by atoms with van der Waals surface area (Å²) in [6.45, 7) is 0. The van der Waals surface area contributed by atoms with E-state index in [9.17, 15) is 0 Å². The molecule has 0 saturated heterocycles. The molecule has 124 valence electrons. The molecule has 2 aromatic heterocycles. The maximum atomic E-state index is 4.32. The zero-order valence-corrected chi connectivity index (χ0v) is 14.0. The van der Waals surface area contributed by atoms with Crippen molar-refractivity contribution in [3.63, 3.8) is 0 Å². The number of aromatic nitrogens is 4. The van der Waals surface area contributed by atoms with Gasteiger partial charge in [0.15, 0.2) is 0 Å². The molecular formula is C22H16N4. The van der Waals surface area contributed by atoms with Crippen LogP contribution in [0.15, 0.2) is 97.6 Å². The molecule has 3 aromatic carbocycles. The van der Waals surface area contributed by atoms with Crippen LogP contribution in [0.25, 0.3) is 33.3 Å². The summed E-state index contributed by atoms with van der Waals surface area (Å²) in [5.74, 6) is 0. The van der Waals surface area contributed by atoms with Gasteiger partial charge in [-0.1, -0.05) is 30.3 Å². The van der Waals surface area contributed by atoms with Gasteiger partial charge in [0.25, 0.3) is 0 Å². The number of fused-ring (bicyclic) bond motifs is 1. The average molecular weight is 336 g/mol. The molecule has 0 amide bonds. The normalized spacial score (nSPS) is 11.1. The van der Waals surface area contributed by atoms with E-state index in [4.69, 9.17) is 0 Å². The summed E-state index contributed by atoms with van der Waals surface area (Å²) >= 11 is 0. The lowest BCUT2D eigenvalue weighted by atomic mass is 10.0. The molecule has 0 unspecified atom stereocenters. The molecule has 0 bridgehead atoms. The first-order chi connectivity index (χ1) is 12.9. The Hall–Kier alpha value is -3.66. The van der Waals surface area contributed by atoms with Crippen molar-refractivity contribution < 1.29 is 0 Å². The second-order valence-corrected chi connectivity index (χ2v) is 6.20. The van der Waals surface area contributed by atoms with E-state index in [2.05, 4.69) is 70.9 Å². The zero-order valence-electron chi connectivity index (χ0n) is 14.0. The van der Waals surface area contributed by atoms with E-state index in [1.165, 1.54) is 21.9 Å². The molecule has 0 aliphatic carbocycles. The topological polar surface area (TPSA) is 35.6 Å². The molecule has 0 atom stereocenters. The Kier molecular flexibility index (Phi) is 3.39. The molecule has 0 fully saturated rings. The molecule has 4 nitrogen and oxygen atoms in total. The van der Waals surface area contributed by atoms with E-state index in [0.29, 0.717) is 0 Å². The molecular weight excluding hydrogens is 320 g/mol. The highest BCUT2D eigenvalue weighted by Gasteiger charge is 2.04. The Morgan fingerprint density at radius 2 is 1.23 bits per heavy atom. The van der Waals surface area contributed by atoms with Gasteiger partial charge < -0.3 is 0 Å². The highest BCUT2D eigenvalue weighted by Crippen LogP contribution is 2.27. The van der Waals surface area contributed by atoms with Gasteiger partial charge in [0.2, 0.25) is 0 Å². The summed E-state index contributed by atoms with van der Waals surface area (Å²) in [7, 11) is 0. The minimum absolute atomic E-state index is 1.05. The summed E-state index contributed by atoms with van der Waals surface area (Å²) in [6.07, 6.45) is 7.50. The van der Waals surface area contributed by atoms with E-state index < -0.39 is 0 Å². The number of nitrogens with zero attached hydrogens (tertiary/aromatic N) is 4. The Balaban J connectivity index is 1.60. The maximum Gasteiger partial charge on any atom is 0.0651 e. The van der Waals surface area contributed by atoms with Gasteiger partial charge in [-0.05, 0) is 64.4 Å². The minimum Gasteiger partial charge on any atom is -0.241 e. The second-order valence-electron chi connectivity index (χ2n) is 6.20. The van der Waals surface area contributed by atoms with Crippen LogP contribution in [0.2, 0.25) is 0 Å². The second kappa shape index (κ2) is 6.01. The third kappa shape index (κ3) is 2.58. The predicted molar refractivity (Wildman–Crippen MR) is 104 cm³/mol. The van der Waals surface area contributed by atoms with Gasteiger partial charge in [0, 0.05) is 24.8 Å². The number of benzene rings is 3. The molecule has 0 aliphatic heterocycles. The summed E-state index contributed by atoms with van der Waals surface area (Å²) in [6, 6.07) is 25.2. The van der Waals surface area contributed by atoms with Crippen molar-refractivity contribution >= 4 is 10.8 Å².